The summed E-state index contributed by atoms with van der Waals surface area (Å²) in [7, 11) is 0. The van der Waals surface area contributed by atoms with Crippen LogP contribution in [0.25, 0.3) is 0 Å². The number of anilines is 1. The first-order valence-electron chi connectivity index (χ1n) is 12.0. The number of nitrogens with zero attached hydrogens (tertiary/aromatic N) is 3. The Balaban J connectivity index is 1.34. The van der Waals surface area contributed by atoms with Crippen LogP contribution >= 0.6 is 0 Å². The van der Waals surface area contributed by atoms with Gasteiger partial charge < -0.3 is 15.5 Å². The van der Waals surface area contributed by atoms with E-state index in [2.05, 4.69) is 24.0 Å². The summed E-state index contributed by atoms with van der Waals surface area (Å²) in [5.41, 5.74) is 8.18. The number of unbranched alkanes of at least 4 members (excludes halogenated alkanes) is 3. The largest absolute Gasteiger partial charge is 0.366 e. The van der Waals surface area contributed by atoms with Crippen molar-refractivity contribution in [2.24, 2.45) is 11.7 Å². The summed E-state index contributed by atoms with van der Waals surface area (Å²) >= 11 is 0. The number of carbonyl (C=O) groups is 2. The number of amides is 2. The van der Waals surface area contributed by atoms with E-state index in [4.69, 9.17) is 10.7 Å². The van der Waals surface area contributed by atoms with Gasteiger partial charge in [0.05, 0.1) is 11.3 Å². The Morgan fingerprint density at radius 3 is 2.44 bits per heavy atom. The fourth-order valence-corrected chi connectivity index (χ4v) is 4.73. The van der Waals surface area contributed by atoms with Crippen molar-refractivity contribution < 1.29 is 9.59 Å². The van der Waals surface area contributed by atoms with Crippen molar-refractivity contribution in [2.75, 3.05) is 31.1 Å². The van der Waals surface area contributed by atoms with Crippen molar-refractivity contribution >= 4 is 17.6 Å². The lowest BCUT2D eigenvalue weighted by Crippen LogP contribution is -2.49. The van der Waals surface area contributed by atoms with E-state index in [9.17, 15) is 9.59 Å². The maximum atomic E-state index is 13.0. The van der Waals surface area contributed by atoms with Gasteiger partial charge in [0.25, 0.3) is 5.91 Å². The van der Waals surface area contributed by atoms with Crippen molar-refractivity contribution in [1.82, 2.24) is 9.88 Å². The number of hydrogen-bond acceptors (Lipinski definition) is 4. The molecule has 1 aromatic heterocycles. The van der Waals surface area contributed by atoms with Gasteiger partial charge in [0.1, 0.15) is 5.82 Å². The van der Waals surface area contributed by atoms with Crippen LogP contribution < -0.4 is 10.6 Å². The molecule has 4 rings (SSSR count). The molecule has 2 aliphatic rings. The number of aromatic nitrogens is 1. The summed E-state index contributed by atoms with van der Waals surface area (Å²) in [5, 5.41) is 0. The van der Waals surface area contributed by atoms with Crippen LogP contribution in [0.4, 0.5) is 5.82 Å². The third kappa shape index (κ3) is 5.12. The topological polar surface area (TPSA) is 79.5 Å². The zero-order valence-electron chi connectivity index (χ0n) is 19.0. The molecule has 2 fully saturated rings. The molecule has 1 saturated carbocycles. The highest BCUT2D eigenvalue weighted by atomic mass is 16.2. The molecular weight excluding hydrogens is 400 g/mol. The lowest BCUT2D eigenvalue weighted by molar-refractivity contribution is -0.133. The van der Waals surface area contributed by atoms with Gasteiger partial charge in [0.2, 0.25) is 5.91 Å². The molecule has 0 radical (unpaired) electrons. The maximum absolute atomic E-state index is 13.0. The Morgan fingerprint density at radius 1 is 1.00 bits per heavy atom. The number of primary amides is 1. The fraction of sp³-hybridized carbons (Fsp3) is 0.500. The highest BCUT2D eigenvalue weighted by Gasteiger charge is 2.46. The van der Waals surface area contributed by atoms with Crippen LogP contribution in [0.5, 0.6) is 0 Å². The van der Waals surface area contributed by atoms with Crippen molar-refractivity contribution in [3.8, 4) is 0 Å². The highest BCUT2D eigenvalue weighted by Crippen LogP contribution is 2.48. The fourth-order valence-electron chi connectivity index (χ4n) is 4.73. The molecule has 0 bridgehead atoms. The monoisotopic (exact) mass is 434 g/mol. The van der Waals surface area contributed by atoms with Gasteiger partial charge in [-0.15, -0.1) is 0 Å². The Kier molecular flexibility index (Phi) is 7.08. The van der Waals surface area contributed by atoms with E-state index in [-0.39, 0.29) is 11.8 Å². The minimum atomic E-state index is -0.414. The van der Waals surface area contributed by atoms with E-state index >= 15 is 0 Å². The summed E-state index contributed by atoms with van der Waals surface area (Å²) in [6.07, 6.45) is 6.23. The van der Waals surface area contributed by atoms with Gasteiger partial charge >= 0.3 is 0 Å². The van der Waals surface area contributed by atoms with Gasteiger partial charge in [-0.1, -0.05) is 56.5 Å². The average molecular weight is 435 g/mol. The highest BCUT2D eigenvalue weighted by molar-refractivity contribution is 5.94. The smallest absolute Gasteiger partial charge is 0.250 e. The molecule has 6 nitrogen and oxygen atoms in total. The van der Waals surface area contributed by atoms with E-state index < -0.39 is 5.91 Å². The second-order valence-electron chi connectivity index (χ2n) is 9.01. The van der Waals surface area contributed by atoms with E-state index in [0.29, 0.717) is 24.6 Å². The molecule has 6 heteroatoms. The quantitative estimate of drug-likeness (QED) is 0.610. The predicted molar refractivity (Wildman–Crippen MR) is 127 cm³/mol. The van der Waals surface area contributed by atoms with E-state index in [1.807, 2.05) is 35.2 Å². The summed E-state index contributed by atoms with van der Waals surface area (Å²) in [4.78, 5) is 33.8. The Hall–Kier alpha value is -2.89. The number of benzene rings is 1. The molecular formula is C26H34N4O2. The molecule has 0 spiro atoms. The summed E-state index contributed by atoms with van der Waals surface area (Å²) < 4.78 is 0. The van der Waals surface area contributed by atoms with Crippen LogP contribution in [0, 0.1) is 5.92 Å². The van der Waals surface area contributed by atoms with Gasteiger partial charge in [0, 0.05) is 32.1 Å². The number of hydrogen-bond donors (Lipinski definition) is 1. The van der Waals surface area contributed by atoms with Crippen LogP contribution in [-0.4, -0.2) is 47.9 Å². The van der Waals surface area contributed by atoms with Crippen molar-refractivity contribution in [3.05, 3.63) is 59.3 Å². The van der Waals surface area contributed by atoms with Gasteiger partial charge in [-0.05, 0) is 42.9 Å². The van der Waals surface area contributed by atoms with Crippen LogP contribution in [0.2, 0.25) is 0 Å². The molecule has 1 aliphatic heterocycles. The minimum absolute atomic E-state index is 0.131. The van der Waals surface area contributed by atoms with Crippen molar-refractivity contribution in [2.45, 2.75) is 51.4 Å². The molecule has 2 aromatic rings. The molecule has 1 aromatic carbocycles. The SMILES string of the molecule is CCCCCCc1nc(N2CCN(C(=O)C3CC3c3ccccc3)CC2)ccc1C(N)=O. The van der Waals surface area contributed by atoms with E-state index in [1.54, 1.807) is 0 Å². The van der Waals surface area contributed by atoms with Gasteiger partial charge in [0.15, 0.2) is 0 Å². The third-order valence-electron chi connectivity index (χ3n) is 6.74. The van der Waals surface area contributed by atoms with Crippen LogP contribution in [0.15, 0.2) is 42.5 Å². The number of nitrogens with two attached hydrogens (primary N) is 1. The molecule has 2 unspecified atom stereocenters. The molecule has 2 heterocycles. The molecule has 2 amide bonds. The molecule has 170 valence electrons. The van der Waals surface area contributed by atoms with Crippen LogP contribution in [0.1, 0.15) is 66.6 Å². The third-order valence-corrected chi connectivity index (χ3v) is 6.74. The zero-order valence-corrected chi connectivity index (χ0v) is 19.0. The Morgan fingerprint density at radius 2 is 1.75 bits per heavy atom. The first-order chi connectivity index (χ1) is 15.6. The second kappa shape index (κ2) is 10.2. The standard InChI is InChI=1S/C26H34N4O2/c1-2-3-4-8-11-23-20(25(27)31)12-13-24(28-23)29-14-16-30(17-15-29)26(32)22-18-21(22)19-9-6-5-7-10-19/h5-7,9-10,12-13,21-22H,2-4,8,11,14-18H2,1H3,(H2,27,31). The van der Waals surface area contributed by atoms with E-state index in [1.165, 1.54) is 18.4 Å². The lowest BCUT2D eigenvalue weighted by Gasteiger charge is -2.36. The molecule has 1 saturated heterocycles. The average Bonchev–Trinajstić information content (AvgIpc) is 3.63. The zero-order chi connectivity index (χ0) is 22.5. The van der Waals surface area contributed by atoms with Gasteiger partial charge in [-0.25, -0.2) is 4.98 Å². The molecule has 2 N–H and O–H groups in total. The molecule has 1 aliphatic carbocycles. The van der Waals surface area contributed by atoms with Gasteiger partial charge in [-0.2, -0.15) is 0 Å². The number of rotatable bonds is 9. The first kappa shape index (κ1) is 22.3. The Labute approximate surface area is 190 Å². The first-order valence-corrected chi connectivity index (χ1v) is 12.0. The molecule has 32 heavy (non-hydrogen) atoms. The minimum Gasteiger partial charge on any atom is -0.366 e. The number of carbonyl (C=O) groups excluding carboxylic acids is 2. The lowest BCUT2D eigenvalue weighted by atomic mass is 10.1. The summed E-state index contributed by atoms with van der Waals surface area (Å²) in [6, 6.07) is 14.0. The Bertz CT molecular complexity index is 938. The second-order valence-corrected chi connectivity index (χ2v) is 9.01. The number of pyridine rings is 1. The van der Waals surface area contributed by atoms with Crippen LogP contribution in [0.3, 0.4) is 0 Å². The summed E-state index contributed by atoms with van der Waals surface area (Å²) in [5.74, 6) is 1.25. The summed E-state index contributed by atoms with van der Waals surface area (Å²) in [6.45, 7) is 5.12. The molecule has 2 atom stereocenters. The van der Waals surface area contributed by atoms with Crippen LogP contribution in [-0.2, 0) is 11.2 Å². The van der Waals surface area contributed by atoms with Gasteiger partial charge in [-0.3, -0.25) is 9.59 Å². The number of piperazine rings is 1. The maximum Gasteiger partial charge on any atom is 0.250 e. The normalized spacial score (nSPS) is 20.3. The predicted octanol–water partition coefficient (Wildman–Crippen LogP) is 3.76. The van der Waals surface area contributed by atoms with E-state index in [0.717, 1.165) is 50.3 Å². The van der Waals surface area contributed by atoms with Crippen molar-refractivity contribution in [3.63, 3.8) is 0 Å². The number of aryl methyl sites for hydroxylation is 1. The van der Waals surface area contributed by atoms with Crippen molar-refractivity contribution in [1.29, 1.82) is 0 Å².